The molecule has 0 aliphatic rings. The molecule has 0 radical (unpaired) electrons. The van der Waals surface area contributed by atoms with Crippen LogP contribution in [0.1, 0.15) is 48.4 Å². The van der Waals surface area contributed by atoms with Crippen molar-refractivity contribution in [2.45, 2.75) is 44.8 Å². The van der Waals surface area contributed by atoms with E-state index in [4.69, 9.17) is 9.47 Å². The first-order valence-corrected chi connectivity index (χ1v) is 10.9. The number of aromatic nitrogens is 2. The van der Waals surface area contributed by atoms with Crippen LogP contribution < -0.4 is 4.72 Å². The smallest absolute Gasteiger partial charge is 0.338 e. The van der Waals surface area contributed by atoms with Crippen molar-refractivity contribution < 1.29 is 32.1 Å². The standard InChI is InChI=1S/C20H21N3O7S/c1-11(2)28-19(24)13-8-14(20(25)29-12(3)4)10-15(9-13)23-31(26,27)17-7-5-6-16-18(17)22-30-21-16/h5-12,23H,1-4H3. The van der Waals surface area contributed by atoms with Crippen LogP contribution in [0, 0.1) is 0 Å². The van der Waals surface area contributed by atoms with E-state index in [9.17, 15) is 18.0 Å². The number of esters is 2. The van der Waals surface area contributed by atoms with Crippen molar-refractivity contribution in [2.24, 2.45) is 0 Å². The summed E-state index contributed by atoms with van der Waals surface area (Å²) in [5.41, 5.74) is 0.266. The zero-order valence-corrected chi connectivity index (χ0v) is 18.1. The number of hydrogen-bond donors (Lipinski definition) is 1. The predicted molar refractivity (Wildman–Crippen MR) is 110 cm³/mol. The average molecular weight is 447 g/mol. The number of fused-ring (bicyclic) bond motifs is 1. The molecule has 0 spiro atoms. The van der Waals surface area contributed by atoms with Crippen molar-refractivity contribution in [3.8, 4) is 0 Å². The van der Waals surface area contributed by atoms with Gasteiger partial charge in [-0.15, -0.1) is 0 Å². The second-order valence-corrected chi connectivity index (χ2v) is 8.85. The second-order valence-electron chi connectivity index (χ2n) is 7.20. The summed E-state index contributed by atoms with van der Waals surface area (Å²) < 4.78 is 43.3. The Kier molecular flexibility index (Phi) is 6.25. The number of ether oxygens (including phenoxy) is 2. The molecular weight excluding hydrogens is 426 g/mol. The fraction of sp³-hybridized carbons (Fsp3) is 0.300. The van der Waals surface area contributed by atoms with Gasteiger partial charge < -0.3 is 9.47 Å². The first-order valence-electron chi connectivity index (χ1n) is 9.38. The monoisotopic (exact) mass is 447 g/mol. The molecule has 1 aromatic heterocycles. The molecule has 10 nitrogen and oxygen atoms in total. The Morgan fingerprint density at radius 3 is 2.06 bits per heavy atom. The van der Waals surface area contributed by atoms with E-state index in [0.717, 1.165) is 0 Å². The van der Waals surface area contributed by atoms with E-state index in [-0.39, 0.29) is 32.7 Å². The fourth-order valence-corrected chi connectivity index (χ4v) is 3.89. The van der Waals surface area contributed by atoms with Gasteiger partial charge >= 0.3 is 11.9 Å². The lowest BCUT2D eigenvalue weighted by atomic mass is 10.1. The Hall–Kier alpha value is -3.47. The Bertz CT molecular complexity index is 1190. The highest BCUT2D eigenvalue weighted by Crippen LogP contribution is 2.25. The summed E-state index contributed by atoms with van der Waals surface area (Å²) in [5, 5.41) is 7.26. The van der Waals surface area contributed by atoms with Gasteiger partial charge in [-0.3, -0.25) is 4.72 Å². The van der Waals surface area contributed by atoms with Gasteiger partial charge in [0.25, 0.3) is 10.0 Å². The summed E-state index contributed by atoms with van der Waals surface area (Å²) in [6.07, 6.45) is -0.813. The number of benzene rings is 2. The van der Waals surface area contributed by atoms with E-state index in [1.165, 1.54) is 30.3 Å². The van der Waals surface area contributed by atoms with E-state index in [1.807, 2.05) is 0 Å². The molecule has 31 heavy (non-hydrogen) atoms. The number of anilines is 1. The molecule has 0 bridgehead atoms. The van der Waals surface area contributed by atoms with Gasteiger partial charge in [0.1, 0.15) is 10.4 Å². The first-order chi connectivity index (χ1) is 14.6. The summed E-state index contributed by atoms with van der Waals surface area (Å²) in [4.78, 5) is 24.6. The minimum absolute atomic E-state index is 0.00841. The molecule has 0 amide bonds. The Balaban J connectivity index is 2.03. The van der Waals surface area contributed by atoms with E-state index in [2.05, 4.69) is 19.7 Å². The molecule has 0 aliphatic heterocycles. The molecule has 11 heteroatoms. The van der Waals surface area contributed by atoms with Crippen LogP contribution in [0.5, 0.6) is 0 Å². The number of carbonyl (C=O) groups is 2. The average Bonchev–Trinajstić information content (AvgIpc) is 3.15. The number of hydrogen-bond acceptors (Lipinski definition) is 9. The van der Waals surface area contributed by atoms with Crippen LogP contribution in [0.3, 0.4) is 0 Å². The zero-order valence-electron chi connectivity index (χ0n) is 17.3. The maximum atomic E-state index is 13.0. The molecule has 3 aromatic rings. The molecule has 1 heterocycles. The van der Waals surface area contributed by atoms with Crippen molar-refractivity contribution in [1.82, 2.24) is 10.3 Å². The van der Waals surface area contributed by atoms with Gasteiger partial charge in [-0.05, 0) is 68.3 Å². The van der Waals surface area contributed by atoms with Gasteiger partial charge in [-0.25, -0.2) is 22.6 Å². The van der Waals surface area contributed by atoms with E-state index in [0.29, 0.717) is 0 Å². The Morgan fingerprint density at radius 1 is 0.935 bits per heavy atom. The third-order valence-corrected chi connectivity index (χ3v) is 5.29. The highest BCUT2D eigenvalue weighted by Gasteiger charge is 2.23. The van der Waals surface area contributed by atoms with Crippen molar-refractivity contribution in [1.29, 1.82) is 0 Å². The van der Waals surface area contributed by atoms with Gasteiger partial charge in [0, 0.05) is 0 Å². The number of sulfonamides is 1. The van der Waals surface area contributed by atoms with Crippen LogP contribution in [0.15, 0.2) is 45.9 Å². The van der Waals surface area contributed by atoms with Crippen molar-refractivity contribution in [3.05, 3.63) is 47.5 Å². The third-order valence-electron chi connectivity index (χ3n) is 3.88. The largest absolute Gasteiger partial charge is 0.459 e. The second kappa shape index (κ2) is 8.72. The van der Waals surface area contributed by atoms with E-state index >= 15 is 0 Å². The van der Waals surface area contributed by atoms with Crippen molar-refractivity contribution in [3.63, 3.8) is 0 Å². The third kappa shape index (κ3) is 5.18. The normalized spacial score (nSPS) is 11.7. The molecule has 0 saturated carbocycles. The van der Waals surface area contributed by atoms with E-state index < -0.39 is 34.2 Å². The van der Waals surface area contributed by atoms with Gasteiger partial charge in [0.05, 0.1) is 29.0 Å². The maximum Gasteiger partial charge on any atom is 0.338 e. The van der Waals surface area contributed by atoms with Crippen molar-refractivity contribution in [2.75, 3.05) is 4.72 Å². The van der Waals surface area contributed by atoms with E-state index in [1.54, 1.807) is 33.8 Å². The molecule has 164 valence electrons. The SMILES string of the molecule is CC(C)OC(=O)c1cc(NS(=O)(=O)c2cccc3nonc23)cc(C(=O)OC(C)C)c1. The van der Waals surface area contributed by atoms with Crippen LogP contribution in [-0.2, 0) is 19.5 Å². The summed E-state index contributed by atoms with van der Waals surface area (Å²) in [6.45, 7) is 6.69. The Morgan fingerprint density at radius 2 is 1.52 bits per heavy atom. The first kappa shape index (κ1) is 22.2. The lowest BCUT2D eigenvalue weighted by molar-refractivity contribution is 0.0377. The quantitative estimate of drug-likeness (QED) is 0.541. The van der Waals surface area contributed by atoms with Crippen molar-refractivity contribution >= 4 is 38.7 Å². The minimum atomic E-state index is -4.16. The number of carbonyl (C=O) groups excluding carboxylic acids is 2. The lowest BCUT2D eigenvalue weighted by Crippen LogP contribution is -2.18. The fourth-order valence-electron chi connectivity index (χ4n) is 2.69. The van der Waals surface area contributed by atoms with Gasteiger partial charge in [0.2, 0.25) is 0 Å². The summed E-state index contributed by atoms with van der Waals surface area (Å²) in [7, 11) is -4.16. The topological polar surface area (TPSA) is 138 Å². The van der Waals surface area contributed by atoms with Crippen LogP contribution in [0.25, 0.3) is 11.0 Å². The molecule has 0 saturated heterocycles. The lowest BCUT2D eigenvalue weighted by Gasteiger charge is -2.14. The predicted octanol–water partition coefficient (Wildman–Crippen LogP) is 3.15. The molecule has 3 rings (SSSR count). The zero-order chi connectivity index (χ0) is 22.8. The number of nitrogens with one attached hydrogen (secondary N) is 1. The molecule has 0 unspecified atom stereocenters. The maximum absolute atomic E-state index is 13.0. The highest BCUT2D eigenvalue weighted by atomic mass is 32.2. The highest BCUT2D eigenvalue weighted by molar-refractivity contribution is 7.93. The summed E-state index contributed by atoms with van der Waals surface area (Å²) >= 11 is 0. The van der Waals surface area contributed by atoms with Crippen LogP contribution in [-0.4, -0.2) is 42.9 Å². The summed E-state index contributed by atoms with van der Waals surface area (Å²) in [6, 6.07) is 8.21. The minimum Gasteiger partial charge on any atom is -0.459 e. The molecule has 0 atom stereocenters. The van der Waals surface area contributed by atoms with Gasteiger partial charge in [0.15, 0.2) is 5.52 Å². The van der Waals surface area contributed by atoms with Crippen LogP contribution >= 0.6 is 0 Å². The number of rotatable bonds is 7. The molecular formula is C20H21N3O7S. The molecule has 0 aliphatic carbocycles. The van der Waals surface area contributed by atoms with Crippen LogP contribution in [0.2, 0.25) is 0 Å². The number of nitrogens with zero attached hydrogens (tertiary/aromatic N) is 2. The molecule has 0 fully saturated rings. The van der Waals surface area contributed by atoms with Gasteiger partial charge in [-0.1, -0.05) is 6.07 Å². The molecule has 1 N–H and O–H groups in total. The van der Waals surface area contributed by atoms with Gasteiger partial charge in [-0.2, -0.15) is 0 Å². The Labute approximate surface area is 178 Å². The molecule has 2 aromatic carbocycles. The van der Waals surface area contributed by atoms with Crippen LogP contribution in [0.4, 0.5) is 5.69 Å². The summed E-state index contributed by atoms with van der Waals surface area (Å²) in [5.74, 6) is -1.42.